The van der Waals surface area contributed by atoms with Gasteiger partial charge >= 0.3 is 0 Å². The van der Waals surface area contributed by atoms with Gasteiger partial charge in [0.25, 0.3) is 5.91 Å². The number of nitrogens with zero attached hydrogens (tertiary/aromatic N) is 2. The van der Waals surface area contributed by atoms with Crippen LogP contribution in [0.25, 0.3) is 0 Å². The number of aromatic nitrogens is 1. The van der Waals surface area contributed by atoms with Gasteiger partial charge in [-0.05, 0) is 31.9 Å². The Morgan fingerprint density at radius 3 is 2.94 bits per heavy atom. The van der Waals surface area contributed by atoms with Crippen LogP contribution in [0.3, 0.4) is 0 Å². The molecule has 1 aliphatic heterocycles. The third-order valence-corrected chi connectivity index (χ3v) is 3.47. The van der Waals surface area contributed by atoms with Crippen molar-refractivity contribution in [2.75, 3.05) is 25.9 Å². The molecule has 1 saturated heterocycles. The highest BCUT2D eigenvalue weighted by atomic mass is 16.5. The summed E-state index contributed by atoms with van der Waals surface area (Å²) in [5.41, 5.74) is 5.85. The lowest BCUT2D eigenvalue weighted by atomic mass is 9.94. The summed E-state index contributed by atoms with van der Waals surface area (Å²) in [5.74, 6) is 0.414. The number of pyridine rings is 1. The number of ether oxygens (including phenoxy) is 1. The molecule has 2 heterocycles. The van der Waals surface area contributed by atoms with Gasteiger partial charge in [0.2, 0.25) is 0 Å². The number of hydrogen-bond acceptors (Lipinski definition) is 4. The lowest BCUT2D eigenvalue weighted by molar-refractivity contribution is -0.0440. The fourth-order valence-electron chi connectivity index (χ4n) is 2.26. The van der Waals surface area contributed by atoms with E-state index in [0.717, 1.165) is 19.4 Å². The normalized spacial score (nSPS) is 24.0. The Bertz CT molecular complexity index is 432. The SMILES string of the molecule is COC1(C)CCCN(C(=O)c2ccc(N)nc2)C1. The molecule has 1 atom stereocenters. The van der Waals surface area contributed by atoms with Crippen LogP contribution in [0, 0.1) is 0 Å². The van der Waals surface area contributed by atoms with E-state index in [-0.39, 0.29) is 11.5 Å². The summed E-state index contributed by atoms with van der Waals surface area (Å²) in [7, 11) is 1.69. The molecule has 1 fully saturated rings. The molecular weight excluding hydrogens is 230 g/mol. The molecule has 1 amide bonds. The van der Waals surface area contributed by atoms with Gasteiger partial charge in [-0.2, -0.15) is 0 Å². The standard InChI is InChI=1S/C13H19N3O2/c1-13(18-2)6-3-7-16(9-13)12(17)10-4-5-11(14)15-8-10/h4-5,8H,3,6-7,9H2,1-2H3,(H2,14,15). The summed E-state index contributed by atoms with van der Waals surface area (Å²) >= 11 is 0. The summed E-state index contributed by atoms with van der Waals surface area (Å²) in [4.78, 5) is 18.1. The lowest BCUT2D eigenvalue weighted by Crippen LogP contribution is -2.49. The predicted octanol–water partition coefficient (Wildman–Crippen LogP) is 1.30. The van der Waals surface area contributed by atoms with Crippen LogP contribution in [-0.2, 0) is 4.74 Å². The van der Waals surface area contributed by atoms with Crippen LogP contribution in [0.4, 0.5) is 5.82 Å². The molecular formula is C13H19N3O2. The lowest BCUT2D eigenvalue weighted by Gasteiger charge is -2.39. The van der Waals surface area contributed by atoms with Crippen LogP contribution in [0.1, 0.15) is 30.1 Å². The van der Waals surface area contributed by atoms with Crippen LogP contribution in [0.5, 0.6) is 0 Å². The van der Waals surface area contributed by atoms with E-state index in [9.17, 15) is 4.79 Å². The Morgan fingerprint density at radius 2 is 2.33 bits per heavy atom. The average molecular weight is 249 g/mol. The quantitative estimate of drug-likeness (QED) is 0.858. The highest BCUT2D eigenvalue weighted by molar-refractivity contribution is 5.94. The maximum atomic E-state index is 12.3. The molecule has 1 unspecified atom stereocenters. The topological polar surface area (TPSA) is 68.5 Å². The van der Waals surface area contributed by atoms with Crippen LogP contribution in [0.15, 0.2) is 18.3 Å². The molecule has 1 aromatic rings. The zero-order valence-electron chi connectivity index (χ0n) is 10.8. The zero-order valence-corrected chi connectivity index (χ0v) is 10.8. The van der Waals surface area contributed by atoms with Crippen molar-refractivity contribution >= 4 is 11.7 Å². The molecule has 98 valence electrons. The van der Waals surface area contributed by atoms with Crippen molar-refractivity contribution < 1.29 is 9.53 Å². The van der Waals surface area contributed by atoms with Crippen molar-refractivity contribution in [3.63, 3.8) is 0 Å². The monoisotopic (exact) mass is 249 g/mol. The summed E-state index contributed by atoms with van der Waals surface area (Å²) < 4.78 is 5.48. The zero-order chi connectivity index (χ0) is 13.2. The van der Waals surface area contributed by atoms with Gasteiger partial charge in [-0.3, -0.25) is 4.79 Å². The van der Waals surface area contributed by atoms with Gasteiger partial charge in [-0.25, -0.2) is 4.98 Å². The molecule has 0 aliphatic carbocycles. The summed E-state index contributed by atoms with van der Waals surface area (Å²) in [6, 6.07) is 3.36. The van der Waals surface area contributed by atoms with Crippen molar-refractivity contribution in [1.82, 2.24) is 9.88 Å². The van der Waals surface area contributed by atoms with Gasteiger partial charge in [-0.1, -0.05) is 0 Å². The largest absolute Gasteiger partial charge is 0.384 e. The van der Waals surface area contributed by atoms with Gasteiger partial charge < -0.3 is 15.4 Å². The second kappa shape index (κ2) is 4.94. The van der Waals surface area contributed by atoms with Gasteiger partial charge in [0.05, 0.1) is 11.2 Å². The first-order chi connectivity index (χ1) is 8.54. The van der Waals surface area contributed by atoms with Crippen LogP contribution < -0.4 is 5.73 Å². The van der Waals surface area contributed by atoms with Crippen molar-refractivity contribution in [3.8, 4) is 0 Å². The third kappa shape index (κ3) is 2.61. The average Bonchev–Trinajstić information content (AvgIpc) is 2.39. The summed E-state index contributed by atoms with van der Waals surface area (Å²) in [5, 5.41) is 0. The Hall–Kier alpha value is -1.62. The van der Waals surface area contributed by atoms with Crippen LogP contribution in [0.2, 0.25) is 0 Å². The van der Waals surface area contributed by atoms with E-state index in [1.54, 1.807) is 19.2 Å². The van der Waals surface area contributed by atoms with Crippen molar-refractivity contribution in [2.45, 2.75) is 25.4 Å². The van der Waals surface area contributed by atoms with Crippen LogP contribution >= 0.6 is 0 Å². The molecule has 0 aromatic carbocycles. The molecule has 5 heteroatoms. The molecule has 0 saturated carbocycles. The first-order valence-electron chi connectivity index (χ1n) is 6.10. The van der Waals surface area contributed by atoms with E-state index >= 15 is 0 Å². The summed E-state index contributed by atoms with van der Waals surface area (Å²) in [6.07, 6.45) is 3.46. The number of hydrogen-bond donors (Lipinski definition) is 1. The van der Waals surface area contributed by atoms with Crippen LogP contribution in [-0.4, -0.2) is 41.6 Å². The number of nitrogen functional groups attached to an aromatic ring is 1. The fraction of sp³-hybridized carbons (Fsp3) is 0.538. The number of methoxy groups -OCH3 is 1. The Morgan fingerprint density at radius 1 is 1.56 bits per heavy atom. The molecule has 2 N–H and O–H groups in total. The van der Waals surface area contributed by atoms with Crippen molar-refractivity contribution in [2.24, 2.45) is 0 Å². The molecule has 5 nitrogen and oxygen atoms in total. The van der Waals surface area contributed by atoms with Gasteiger partial charge in [0, 0.05) is 26.4 Å². The molecule has 2 rings (SSSR count). The van der Waals surface area contributed by atoms with E-state index < -0.39 is 0 Å². The van der Waals surface area contributed by atoms with E-state index in [2.05, 4.69) is 4.98 Å². The molecule has 1 aliphatic rings. The number of likely N-dealkylation sites (tertiary alicyclic amines) is 1. The minimum atomic E-state index is -0.241. The smallest absolute Gasteiger partial charge is 0.255 e. The first-order valence-corrected chi connectivity index (χ1v) is 6.10. The highest BCUT2D eigenvalue weighted by Crippen LogP contribution is 2.24. The molecule has 0 spiro atoms. The summed E-state index contributed by atoms with van der Waals surface area (Å²) in [6.45, 7) is 3.42. The molecule has 0 bridgehead atoms. The molecule has 18 heavy (non-hydrogen) atoms. The number of nitrogens with two attached hydrogens (primary N) is 1. The van der Waals surface area contributed by atoms with E-state index in [4.69, 9.17) is 10.5 Å². The molecule has 0 radical (unpaired) electrons. The van der Waals surface area contributed by atoms with Gasteiger partial charge in [-0.15, -0.1) is 0 Å². The van der Waals surface area contributed by atoms with E-state index in [0.29, 0.717) is 17.9 Å². The maximum Gasteiger partial charge on any atom is 0.255 e. The Kier molecular flexibility index (Phi) is 3.52. The number of piperidine rings is 1. The van der Waals surface area contributed by atoms with Gasteiger partial charge in [0.15, 0.2) is 0 Å². The van der Waals surface area contributed by atoms with Crippen molar-refractivity contribution in [1.29, 1.82) is 0 Å². The second-order valence-electron chi connectivity index (χ2n) is 4.96. The minimum absolute atomic E-state index is 0.00882. The number of carbonyl (C=O) groups excluding carboxylic acids is 1. The fourth-order valence-corrected chi connectivity index (χ4v) is 2.26. The first kappa shape index (κ1) is 12.8. The highest BCUT2D eigenvalue weighted by Gasteiger charge is 2.33. The van der Waals surface area contributed by atoms with Gasteiger partial charge in [0.1, 0.15) is 5.82 Å². The third-order valence-electron chi connectivity index (χ3n) is 3.47. The number of anilines is 1. The second-order valence-corrected chi connectivity index (χ2v) is 4.96. The number of carbonyl (C=O) groups is 1. The maximum absolute atomic E-state index is 12.3. The minimum Gasteiger partial charge on any atom is -0.384 e. The van der Waals surface area contributed by atoms with E-state index in [1.165, 1.54) is 6.20 Å². The number of rotatable bonds is 2. The Balaban J connectivity index is 2.11. The van der Waals surface area contributed by atoms with E-state index in [1.807, 2.05) is 11.8 Å². The Labute approximate surface area is 107 Å². The molecule has 1 aromatic heterocycles. The van der Waals surface area contributed by atoms with Crippen molar-refractivity contribution in [3.05, 3.63) is 23.9 Å². The number of amides is 1. The predicted molar refractivity (Wildman–Crippen MR) is 69.2 cm³/mol.